The van der Waals surface area contributed by atoms with Crippen molar-refractivity contribution in [3.05, 3.63) is 53.5 Å². The third kappa shape index (κ3) is 4.04. The molecule has 1 aliphatic rings. The van der Waals surface area contributed by atoms with Crippen LogP contribution in [0, 0.1) is 11.3 Å². The summed E-state index contributed by atoms with van der Waals surface area (Å²) in [5.41, 5.74) is 2.15. The zero-order valence-corrected chi connectivity index (χ0v) is 15.2. The highest BCUT2D eigenvalue weighted by Gasteiger charge is 2.13. The molecule has 0 radical (unpaired) electrons. The molecule has 1 aromatic carbocycles. The van der Waals surface area contributed by atoms with Crippen LogP contribution in [0.25, 0.3) is 11.3 Å². The minimum absolute atomic E-state index is 0.465. The summed E-state index contributed by atoms with van der Waals surface area (Å²) in [6.45, 7) is 1.73. The Morgan fingerprint density at radius 3 is 2.89 bits per heavy atom. The first-order valence-corrected chi connectivity index (χ1v) is 9.34. The van der Waals surface area contributed by atoms with Crippen LogP contribution >= 0.6 is 11.3 Å². The van der Waals surface area contributed by atoms with Crippen LogP contribution in [0.2, 0.25) is 0 Å². The van der Waals surface area contributed by atoms with Gasteiger partial charge in [0.05, 0.1) is 22.9 Å². The van der Waals surface area contributed by atoms with E-state index in [-0.39, 0.29) is 0 Å². The minimum atomic E-state index is 0.465. The van der Waals surface area contributed by atoms with E-state index in [1.165, 1.54) is 11.3 Å². The number of aromatic nitrogens is 2. The van der Waals surface area contributed by atoms with Crippen molar-refractivity contribution >= 4 is 22.4 Å². The van der Waals surface area contributed by atoms with E-state index in [1.807, 2.05) is 17.5 Å². The number of ether oxygens (including phenoxy) is 1. The molecule has 0 spiro atoms. The van der Waals surface area contributed by atoms with Crippen LogP contribution in [0.4, 0.5) is 5.13 Å². The third-order valence-electron chi connectivity index (χ3n) is 3.87. The summed E-state index contributed by atoms with van der Waals surface area (Å²) >= 11 is 1.50. The Morgan fingerprint density at radius 2 is 2.11 bits per heavy atom. The number of nitrogens with one attached hydrogen (secondary N) is 2. The summed E-state index contributed by atoms with van der Waals surface area (Å²) in [6, 6.07) is 12.8. The van der Waals surface area contributed by atoms with E-state index in [0.29, 0.717) is 17.2 Å². The molecule has 4 rings (SSSR count). The molecule has 7 nitrogen and oxygen atoms in total. The number of nitriles is 1. The van der Waals surface area contributed by atoms with E-state index in [4.69, 9.17) is 10.00 Å². The average molecular weight is 376 g/mol. The average Bonchev–Trinajstić information content (AvgIpc) is 3.18. The normalized spacial score (nSPS) is 13.2. The summed E-state index contributed by atoms with van der Waals surface area (Å²) < 4.78 is 5.91. The maximum absolute atomic E-state index is 8.90. The standard InChI is InChI=1S/C19H16N6OS/c20-11-13-4-6-14(7-5-13)26-17-15(3-1-8-21-17)16-12-27-19(24-16)25-18-22-9-2-10-23-18/h1,3-8,12H,2,9-10H2,(H2,22,23,24,25). The van der Waals surface area contributed by atoms with Crippen molar-refractivity contribution in [3.8, 4) is 29.0 Å². The van der Waals surface area contributed by atoms with Gasteiger partial charge >= 0.3 is 0 Å². The number of rotatable bonds is 4. The van der Waals surface area contributed by atoms with Gasteiger partial charge in [-0.15, -0.1) is 11.3 Å². The molecular formula is C19H16N6OS. The van der Waals surface area contributed by atoms with Gasteiger partial charge in [-0.05, 0) is 42.8 Å². The SMILES string of the molecule is N#Cc1ccc(Oc2ncccc2-c2csc(NC3=NCCCN3)n2)cc1. The van der Waals surface area contributed by atoms with Crippen LogP contribution in [0.15, 0.2) is 53.0 Å². The molecule has 0 aliphatic carbocycles. The van der Waals surface area contributed by atoms with E-state index in [1.54, 1.807) is 30.5 Å². The fourth-order valence-electron chi connectivity index (χ4n) is 2.55. The zero-order chi connectivity index (χ0) is 18.5. The Kier molecular flexibility index (Phi) is 4.94. The highest BCUT2D eigenvalue weighted by atomic mass is 32.1. The number of pyridine rings is 1. The topological polar surface area (TPSA) is 95.2 Å². The summed E-state index contributed by atoms with van der Waals surface area (Å²) in [5.74, 6) is 1.83. The first-order chi connectivity index (χ1) is 13.3. The Labute approximate surface area is 160 Å². The van der Waals surface area contributed by atoms with Crippen LogP contribution in [0.1, 0.15) is 12.0 Å². The fourth-order valence-corrected chi connectivity index (χ4v) is 3.26. The molecule has 0 saturated carbocycles. The maximum atomic E-state index is 8.90. The molecule has 8 heteroatoms. The second-order valence-corrected chi connectivity index (χ2v) is 6.63. The lowest BCUT2D eigenvalue weighted by Crippen LogP contribution is -2.35. The molecule has 0 amide bonds. The number of hydrogen-bond donors (Lipinski definition) is 2. The molecule has 1 aliphatic heterocycles. The van der Waals surface area contributed by atoms with E-state index in [9.17, 15) is 0 Å². The summed E-state index contributed by atoms with van der Waals surface area (Å²) in [6.07, 6.45) is 2.72. The lowest BCUT2D eigenvalue weighted by atomic mass is 10.2. The third-order valence-corrected chi connectivity index (χ3v) is 4.63. The van der Waals surface area contributed by atoms with E-state index < -0.39 is 0 Å². The van der Waals surface area contributed by atoms with Gasteiger partial charge in [0, 0.05) is 24.7 Å². The summed E-state index contributed by atoms with van der Waals surface area (Å²) in [7, 11) is 0. The van der Waals surface area contributed by atoms with Crippen molar-refractivity contribution in [2.45, 2.75) is 6.42 Å². The Balaban J connectivity index is 1.55. The fraction of sp³-hybridized carbons (Fsp3) is 0.158. The van der Waals surface area contributed by atoms with Crippen molar-refractivity contribution < 1.29 is 4.74 Å². The monoisotopic (exact) mass is 376 g/mol. The van der Waals surface area contributed by atoms with Gasteiger partial charge in [-0.2, -0.15) is 5.26 Å². The van der Waals surface area contributed by atoms with Crippen molar-refractivity contribution in [1.82, 2.24) is 15.3 Å². The van der Waals surface area contributed by atoms with Crippen molar-refractivity contribution in [3.63, 3.8) is 0 Å². The molecule has 3 aromatic rings. The molecule has 2 aromatic heterocycles. The van der Waals surface area contributed by atoms with Gasteiger partial charge in [-0.3, -0.25) is 4.99 Å². The first-order valence-electron chi connectivity index (χ1n) is 8.46. The van der Waals surface area contributed by atoms with Crippen molar-refractivity contribution in [2.75, 3.05) is 18.4 Å². The molecule has 0 bridgehead atoms. The Hall–Kier alpha value is -3.44. The van der Waals surface area contributed by atoms with E-state index >= 15 is 0 Å². The quantitative estimate of drug-likeness (QED) is 0.722. The van der Waals surface area contributed by atoms with Gasteiger partial charge in [-0.25, -0.2) is 9.97 Å². The maximum Gasteiger partial charge on any atom is 0.228 e. The molecule has 2 N–H and O–H groups in total. The Bertz CT molecular complexity index is 1010. The van der Waals surface area contributed by atoms with Crippen molar-refractivity contribution in [1.29, 1.82) is 5.26 Å². The number of anilines is 1. The zero-order valence-electron chi connectivity index (χ0n) is 14.3. The second-order valence-electron chi connectivity index (χ2n) is 5.77. The van der Waals surface area contributed by atoms with Gasteiger partial charge in [0.2, 0.25) is 5.88 Å². The largest absolute Gasteiger partial charge is 0.438 e. The second kappa shape index (κ2) is 7.85. The van der Waals surface area contributed by atoms with Gasteiger partial charge in [0.15, 0.2) is 11.1 Å². The molecule has 0 saturated heterocycles. The lowest BCUT2D eigenvalue weighted by Gasteiger charge is -2.14. The van der Waals surface area contributed by atoms with Gasteiger partial charge in [-0.1, -0.05) is 0 Å². The number of thiazole rings is 1. The molecule has 0 fully saturated rings. The van der Waals surface area contributed by atoms with E-state index in [0.717, 1.165) is 41.9 Å². The minimum Gasteiger partial charge on any atom is -0.438 e. The predicted octanol–water partition coefficient (Wildman–Crippen LogP) is 3.63. The molecule has 0 atom stereocenters. The summed E-state index contributed by atoms with van der Waals surface area (Å²) in [5, 5.41) is 18.0. The number of hydrogen-bond acceptors (Lipinski definition) is 8. The molecule has 134 valence electrons. The highest BCUT2D eigenvalue weighted by Crippen LogP contribution is 2.33. The lowest BCUT2D eigenvalue weighted by molar-refractivity contribution is 0.465. The Morgan fingerprint density at radius 1 is 1.22 bits per heavy atom. The number of benzene rings is 1. The first kappa shape index (κ1) is 17.0. The van der Waals surface area contributed by atoms with Crippen LogP contribution in [0.5, 0.6) is 11.6 Å². The molecule has 27 heavy (non-hydrogen) atoms. The smallest absolute Gasteiger partial charge is 0.228 e. The van der Waals surface area contributed by atoms with Crippen LogP contribution in [0.3, 0.4) is 0 Å². The van der Waals surface area contributed by atoms with Crippen LogP contribution in [-0.2, 0) is 0 Å². The molecular weight excluding hydrogens is 360 g/mol. The number of nitrogens with zero attached hydrogens (tertiary/aromatic N) is 4. The number of guanidine groups is 1. The van der Waals surface area contributed by atoms with Gasteiger partial charge in [0.25, 0.3) is 0 Å². The van der Waals surface area contributed by atoms with Crippen LogP contribution in [-0.4, -0.2) is 29.0 Å². The van der Waals surface area contributed by atoms with E-state index in [2.05, 4.69) is 31.7 Å². The highest BCUT2D eigenvalue weighted by molar-refractivity contribution is 7.14. The molecule has 3 heterocycles. The van der Waals surface area contributed by atoms with Crippen LogP contribution < -0.4 is 15.4 Å². The number of aliphatic imine (C=N–C) groups is 1. The van der Waals surface area contributed by atoms with Gasteiger partial charge in [0.1, 0.15) is 5.75 Å². The van der Waals surface area contributed by atoms with Gasteiger partial charge < -0.3 is 15.4 Å². The summed E-state index contributed by atoms with van der Waals surface area (Å²) in [4.78, 5) is 13.4. The van der Waals surface area contributed by atoms with Crippen molar-refractivity contribution in [2.24, 2.45) is 4.99 Å². The predicted molar refractivity (Wildman–Crippen MR) is 105 cm³/mol. The molecule has 0 unspecified atom stereocenters.